The maximum absolute atomic E-state index is 13.5. The molecule has 2 atom stereocenters. The van der Waals surface area contributed by atoms with Gasteiger partial charge in [-0.15, -0.1) is 12.4 Å². The molecule has 5 rings (SSSR count). The normalized spacial score (nSPS) is 23.7. The van der Waals surface area contributed by atoms with E-state index >= 15 is 0 Å². The lowest BCUT2D eigenvalue weighted by Crippen LogP contribution is -2.43. The molecule has 3 heterocycles. The second-order valence-electron chi connectivity index (χ2n) is 7.96. The zero-order chi connectivity index (χ0) is 17.7. The molecule has 0 saturated carbocycles. The maximum Gasteiger partial charge on any atom is 0.275 e. The van der Waals surface area contributed by atoms with Gasteiger partial charge < -0.3 is 10.2 Å². The van der Waals surface area contributed by atoms with E-state index in [4.69, 9.17) is 5.10 Å². The Kier molecular flexibility index (Phi) is 4.99. The Morgan fingerprint density at radius 1 is 1.11 bits per heavy atom. The topological polar surface area (TPSA) is 50.2 Å². The maximum atomic E-state index is 13.5. The molecule has 2 saturated heterocycles. The highest BCUT2D eigenvalue weighted by Crippen LogP contribution is 2.33. The number of carbonyl (C=O) groups excluding carboxylic acids is 1. The van der Waals surface area contributed by atoms with Gasteiger partial charge >= 0.3 is 0 Å². The quantitative estimate of drug-likeness (QED) is 0.863. The minimum Gasteiger partial charge on any atom is -0.330 e. The molecule has 2 fully saturated rings. The molecule has 3 aliphatic rings. The molecule has 2 aromatic rings. The summed E-state index contributed by atoms with van der Waals surface area (Å²) in [4.78, 5) is 15.6. The third-order valence-electron chi connectivity index (χ3n) is 6.30. The number of hydrogen-bond donors (Lipinski definition) is 1. The van der Waals surface area contributed by atoms with Crippen LogP contribution in [-0.2, 0) is 12.8 Å². The van der Waals surface area contributed by atoms with E-state index in [2.05, 4.69) is 41.4 Å². The summed E-state index contributed by atoms with van der Waals surface area (Å²) in [5.41, 5.74) is 5.43. The van der Waals surface area contributed by atoms with Crippen LogP contribution in [0.2, 0.25) is 0 Å². The fourth-order valence-corrected chi connectivity index (χ4v) is 4.94. The lowest BCUT2D eigenvalue weighted by atomic mass is 10.1. The summed E-state index contributed by atoms with van der Waals surface area (Å²) in [5, 5.41) is 8.32. The Labute approximate surface area is 166 Å². The molecule has 0 radical (unpaired) electrons. The third kappa shape index (κ3) is 3.07. The Balaban J connectivity index is 0.00000180. The summed E-state index contributed by atoms with van der Waals surface area (Å²) in [5.74, 6) is 0.158. The molecule has 1 N–H and O–H groups in total. The van der Waals surface area contributed by atoms with Crippen LogP contribution in [-0.4, -0.2) is 45.8 Å². The van der Waals surface area contributed by atoms with Gasteiger partial charge in [0.15, 0.2) is 5.69 Å². The molecule has 0 spiro atoms. The highest BCUT2D eigenvalue weighted by molar-refractivity contribution is 5.95. The van der Waals surface area contributed by atoms with Crippen LogP contribution >= 0.6 is 12.4 Å². The van der Waals surface area contributed by atoms with Gasteiger partial charge in [-0.25, -0.2) is 4.68 Å². The molecule has 5 nitrogen and oxygen atoms in total. The Morgan fingerprint density at radius 2 is 1.89 bits per heavy atom. The van der Waals surface area contributed by atoms with E-state index in [9.17, 15) is 4.79 Å². The molecule has 27 heavy (non-hydrogen) atoms. The fourth-order valence-electron chi connectivity index (χ4n) is 4.94. The van der Waals surface area contributed by atoms with Crippen LogP contribution < -0.4 is 5.32 Å². The fraction of sp³-hybridized carbons (Fsp3) is 0.524. The summed E-state index contributed by atoms with van der Waals surface area (Å²) in [7, 11) is 0. The van der Waals surface area contributed by atoms with E-state index in [1.54, 1.807) is 0 Å². The summed E-state index contributed by atoms with van der Waals surface area (Å²) in [6.45, 7) is 4.03. The van der Waals surface area contributed by atoms with Gasteiger partial charge in [-0.1, -0.05) is 17.7 Å². The van der Waals surface area contributed by atoms with Crippen LogP contribution in [0.5, 0.6) is 0 Å². The van der Waals surface area contributed by atoms with Crippen molar-refractivity contribution in [2.45, 2.75) is 57.5 Å². The van der Waals surface area contributed by atoms with Gasteiger partial charge in [-0.3, -0.25) is 4.79 Å². The van der Waals surface area contributed by atoms with Crippen LogP contribution in [0.25, 0.3) is 5.69 Å². The zero-order valence-corrected chi connectivity index (χ0v) is 16.6. The number of fused-ring (bicyclic) bond motifs is 3. The Hall–Kier alpha value is -1.85. The van der Waals surface area contributed by atoms with Gasteiger partial charge in [0.1, 0.15) is 0 Å². The number of amides is 1. The van der Waals surface area contributed by atoms with Gasteiger partial charge in [0.2, 0.25) is 0 Å². The van der Waals surface area contributed by atoms with Crippen LogP contribution in [0.3, 0.4) is 0 Å². The number of carbonyl (C=O) groups is 1. The minimum atomic E-state index is 0. The predicted molar refractivity (Wildman–Crippen MR) is 108 cm³/mol. The molecule has 2 aliphatic heterocycles. The van der Waals surface area contributed by atoms with Crippen molar-refractivity contribution in [3.05, 3.63) is 46.8 Å². The van der Waals surface area contributed by atoms with E-state index in [1.165, 1.54) is 16.8 Å². The Bertz CT molecular complexity index is 831. The van der Waals surface area contributed by atoms with Crippen LogP contribution in [0, 0.1) is 6.92 Å². The number of aromatic nitrogens is 2. The molecule has 1 aliphatic carbocycles. The van der Waals surface area contributed by atoms with E-state index in [0.717, 1.165) is 57.3 Å². The molecule has 2 unspecified atom stereocenters. The number of aryl methyl sites for hydroxylation is 1. The first-order valence-electron chi connectivity index (χ1n) is 9.93. The first-order valence-corrected chi connectivity index (χ1v) is 9.93. The minimum absolute atomic E-state index is 0. The summed E-state index contributed by atoms with van der Waals surface area (Å²) in [6, 6.07) is 9.14. The predicted octanol–water partition coefficient (Wildman–Crippen LogP) is 3.06. The number of benzene rings is 1. The van der Waals surface area contributed by atoms with Crippen molar-refractivity contribution < 1.29 is 4.79 Å². The van der Waals surface area contributed by atoms with E-state index in [1.807, 2.05) is 4.68 Å². The van der Waals surface area contributed by atoms with Gasteiger partial charge in [-0.05, 0) is 64.1 Å². The number of nitrogens with one attached hydrogen (secondary N) is 1. The molecular formula is C21H27ClN4O. The number of nitrogens with zero attached hydrogens (tertiary/aromatic N) is 3. The SMILES string of the molecule is Cc1ccc(-n2nc(C(=O)N3C4CCNCC3CC4)c3c2CCC3)cc1.Cl. The Morgan fingerprint density at radius 3 is 2.70 bits per heavy atom. The first-order chi connectivity index (χ1) is 12.7. The van der Waals surface area contributed by atoms with Crippen molar-refractivity contribution in [1.29, 1.82) is 0 Å². The number of rotatable bonds is 2. The van der Waals surface area contributed by atoms with Gasteiger partial charge in [0, 0.05) is 29.9 Å². The first kappa shape index (κ1) is 18.5. The number of hydrogen-bond acceptors (Lipinski definition) is 3. The van der Waals surface area contributed by atoms with Crippen molar-refractivity contribution in [2.24, 2.45) is 0 Å². The van der Waals surface area contributed by atoms with E-state index in [-0.39, 0.29) is 18.3 Å². The molecule has 2 bridgehead atoms. The van der Waals surface area contributed by atoms with E-state index in [0.29, 0.717) is 17.8 Å². The second kappa shape index (κ2) is 7.28. The summed E-state index contributed by atoms with van der Waals surface area (Å²) >= 11 is 0. The van der Waals surface area contributed by atoms with Crippen molar-refractivity contribution in [3.8, 4) is 5.69 Å². The number of halogens is 1. The van der Waals surface area contributed by atoms with Crippen LogP contribution in [0.4, 0.5) is 0 Å². The second-order valence-corrected chi connectivity index (χ2v) is 7.96. The summed E-state index contributed by atoms with van der Waals surface area (Å²) < 4.78 is 2.02. The smallest absolute Gasteiger partial charge is 0.275 e. The summed E-state index contributed by atoms with van der Waals surface area (Å²) in [6.07, 6.45) is 6.42. The lowest BCUT2D eigenvalue weighted by molar-refractivity contribution is 0.0672. The van der Waals surface area contributed by atoms with Crippen molar-refractivity contribution in [3.63, 3.8) is 0 Å². The molecule has 144 valence electrons. The monoisotopic (exact) mass is 386 g/mol. The molecular weight excluding hydrogens is 360 g/mol. The molecule has 1 aromatic carbocycles. The molecule has 6 heteroatoms. The van der Waals surface area contributed by atoms with Gasteiger partial charge in [0.05, 0.1) is 5.69 Å². The highest BCUT2D eigenvalue weighted by atomic mass is 35.5. The average molecular weight is 387 g/mol. The standard InChI is InChI=1S/C21H26N4O.ClH/c1-14-5-7-16(8-6-14)25-19-4-2-3-18(19)20(23-25)21(26)24-15-9-10-17(24)13-22-12-11-15;/h5-8,15,17,22H,2-4,9-13H2,1H3;1H. The van der Waals surface area contributed by atoms with Crippen molar-refractivity contribution in [2.75, 3.05) is 13.1 Å². The zero-order valence-electron chi connectivity index (χ0n) is 15.8. The molecule has 1 amide bonds. The third-order valence-corrected chi connectivity index (χ3v) is 6.30. The average Bonchev–Trinajstić information content (AvgIpc) is 3.28. The van der Waals surface area contributed by atoms with Crippen LogP contribution in [0.1, 0.15) is 53.0 Å². The van der Waals surface area contributed by atoms with E-state index < -0.39 is 0 Å². The largest absolute Gasteiger partial charge is 0.330 e. The highest BCUT2D eigenvalue weighted by Gasteiger charge is 2.40. The van der Waals surface area contributed by atoms with Gasteiger partial charge in [-0.2, -0.15) is 5.10 Å². The van der Waals surface area contributed by atoms with Crippen LogP contribution in [0.15, 0.2) is 24.3 Å². The molecule has 1 aromatic heterocycles. The van der Waals surface area contributed by atoms with Gasteiger partial charge in [0.25, 0.3) is 5.91 Å². The lowest BCUT2D eigenvalue weighted by Gasteiger charge is -2.27. The van der Waals surface area contributed by atoms with Crippen molar-refractivity contribution >= 4 is 18.3 Å². The van der Waals surface area contributed by atoms with Crippen molar-refractivity contribution in [1.82, 2.24) is 20.0 Å².